The number of hydrogen-bond donors (Lipinski definition) is 3. The molecule has 4 N–H and O–H groups in total. The summed E-state index contributed by atoms with van der Waals surface area (Å²) < 4.78 is 13.8. The Hall–Kier alpha value is -1.63. The number of carbonyl (C=O) groups excluding carboxylic acids is 1. The van der Waals surface area contributed by atoms with Crippen molar-refractivity contribution < 1.29 is 14.4 Å². The van der Waals surface area contributed by atoms with Crippen LogP contribution in [0.3, 0.4) is 0 Å². The molecule has 0 saturated heterocycles. The van der Waals surface area contributed by atoms with Crippen LogP contribution in [-0.2, 0) is 0 Å². The van der Waals surface area contributed by atoms with E-state index in [9.17, 15) is 9.18 Å². The maximum atomic E-state index is 13.4. The van der Waals surface area contributed by atoms with Crippen molar-refractivity contribution in [2.45, 2.75) is 13.0 Å². The van der Waals surface area contributed by atoms with Gasteiger partial charge in [-0.25, -0.2) is 4.39 Å². The highest BCUT2D eigenvalue weighted by molar-refractivity contribution is 9.10. The third-order valence-electron chi connectivity index (χ3n) is 2.10. The van der Waals surface area contributed by atoms with Gasteiger partial charge in [-0.15, -0.1) is 0 Å². The van der Waals surface area contributed by atoms with E-state index in [1.54, 1.807) is 6.07 Å². The molecule has 1 atom stereocenters. The summed E-state index contributed by atoms with van der Waals surface area (Å²) >= 11 is 3.08. The Morgan fingerprint density at radius 2 is 2.29 bits per heavy atom. The van der Waals surface area contributed by atoms with Gasteiger partial charge in [0.1, 0.15) is 5.82 Å². The molecule has 0 heterocycles. The lowest BCUT2D eigenvalue weighted by molar-refractivity contribution is 0.0944. The maximum Gasteiger partial charge on any atom is 0.255 e. The van der Waals surface area contributed by atoms with Gasteiger partial charge in [0.15, 0.2) is 5.84 Å². The van der Waals surface area contributed by atoms with Crippen LogP contribution in [0.4, 0.5) is 4.39 Å². The van der Waals surface area contributed by atoms with E-state index < -0.39 is 17.8 Å². The van der Waals surface area contributed by atoms with Gasteiger partial charge in [0.2, 0.25) is 0 Å². The number of oxime groups is 1. The standard InChI is InChI=1S/C10H11BrFN3O2/c1-5(9(13)15-17)14-10(16)8-6(11)3-2-4-7(8)12/h2-5,17H,1H3,(H2,13,15)(H,14,16). The first kappa shape index (κ1) is 13.4. The fourth-order valence-corrected chi connectivity index (χ4v) is 1.67. The summed E-state index contributed by atoms with van der Waals surface area (Å²) in [7, 11) is 0. The Kier molecular flexibility index (Phi) is 4.45. The zero-order valence-corrected chi connectivity index (χ0v) is 10.5. The molecule has 0 spiro atoms. The Balaban J connectivity index is 2.91. The Labute approximate surface area is 106 Å². The van der Waals surface area contributed by atoms with Gasteiger partial charge < -0.3 is 16.3 Å². The number of nitrogens with one attached hydrogen (secondary N) is 1. The van der Waals surface area contributed by atoms with E-state index in [2.05, 4.69) is 26.4 Å². The van der Waals surface area contributed by atoms with Crippen LogP contribution in [0.5, 0.6) is 0 Å². The Bertz CT molecular complexity index is 445. The van der Waals surface area contributed by atoms with E-state index in [0.29, 0.717) is 4.47 Å². The fraction of sp³-hybridized carbons (Fsp3) is 0.200. The monoisotopic (exact) mass is 303 g/mol. The van der Waals surface area contributed by atoms with E-state index in [4.69, 9.17) is 10.9 Å². The zero-order chi connectivity index (χ0) is 13.0. The van der Waals surface area contributed by atoms with Crippen molar-refractivity contribution >= 4 is 27.7 Å². The molecule has 0 aliphatic carbocycles. The van der Waals surface area contributed by atoms with E-state index in [0.717, 1.165) is 0 Å². The summed E-state index contributed by atoms with van der Waals surface area (Å²) in [6.07, 6.45) is 0. The van der Waals surface area contributed by atoms with E-state index in [-0.39, 0.29) is 11.4 Å². The largest absolute Gasteiger partial charge is 0.409 e. The summed E-state index contributed by atoms with van der Waals surface area (Å²) in [5.74, 6) is -1.46. The van der Waals surface area contributed by atoms with Crippen LogP contribution in [0.25, 0.3) is 0 Å². The fourth-order valence-electron chi connectivity index (χ4n) is 1.14. The minimum Gasteiger partial charge on any atom is -0.409 e. The van der Waals surface area contributed by atoms with Gasteiger partial charge >= 0.3 is 0 Å². The predicted octanol–water partition coefficient (Wildman–Crippen LogP) is 1.45. The molecular formula is C10H11BrFN3O2. The normalized spacial score (nSPS) is 13.2. The molecule has 0 aliphatic heterocycles. The van der Waals surface area contributed by atoms with Gasteiger partial charge in [-0.05, 0) is 35.0 Å². The number of benzene rings is 1. The Morgan fingerprint density at radius 3 is 2.82 bits per heavy atom. The van der Waals surface area contributed by atoms with Gasteiger partial charge in [-0.2, -0.15) is 0 Å². The molecule has 0 saturated carbocycles. The predicted molar refractivity (Wildman–Crippen MR) is 64.4 cm³/mol. The molecule has 1 unspecified atom stereocenters. The minimum absolute atomic E-state index is 0.120. The maximum absolute atomic E-state index is 13.4. The smallest absolute Gasteiger partial charge is 0.255 e. The molecule has 5 nitrogen and oxygen atoms in total. The van der Waals surface area contributed by atoms with Gasteiger partial charge in [-0.3, -0.25) is 4.79 Å². The van der Waals surface area contributed by atoms with Gasteiger partial charge in [0.05, 0.1) is 11.6 Å². The zero-order valence-electron chi connectivity index (χ0n) is 8.95. The first-order valence-corrected chi connectivity index (χ1v) is 5.49. The summed E-state index contributed by atoms with van der Waals surface area (Å²) in [4.78, 5) is 11.7. The third-order valence-corrected chi connectivity index (χ3v) is 2.76. The Morgan fingerprint density at radius 1 is 1.65 bits per heavy atom. The van der Waals surface area contributed by atoms with Crippen LogP contribution in [-0.4, -0.2) is 23.0 Å². The van der Waals surface area contributed by atoms with Crippen molar-refractivity contribution in [2.24, 2.45) is 10.9 Å². The van der Waals surface area contributed by atoms with E-state index in [1.807, 2.05) is 0 Å². The van der Waals surface area contributed by atoms with Gasteiger partial charge in [-0.1, -0.05) is 11.2 Å². The lowest BCUT2D eigenvalue weighted by Gasteiger charge is -2.13. The van der Waals surface area contributed by atoms with Crippen LogP contribution in [0.1, 0.15) is 17.3 Å². The second-order valence-electron chi connectivity index (χ2n) is 3.32. The van der Waals surface area contributed by atoms with Crippen LogP contribution in [0.2, 0.25) is 0 Å². The average Bonchev–Trinajstić information content (AvgIpc) is 2.27. The third kappa shape index (κ3) is 3.16. The topological polar surface area (TPSA) is 87.7 Å². The molecule has 1 amide bonds. The molecule has 1 aromatic rings. The van der Waals surface area contributed by atoms with Crippen molar-refractivity contribution in [1.82, 2.24) is 5.32 Å². The summed E-state index contributed by atoms with van der Waals surface area (Å²) in [6.45, 7) is 1.52. The number of amides is 1. The molecule has 17 heavy (non-hydrogen) atoms. The van der Waals surface area contributed by atoms with Crippen LogP contribution in [0.15, 0.2) is 27.8 Å². The molecule has 92 valence electrons. The van der Waals surface area contributed by atoms with E-state index >= 15 is 0 Å². The van der Waals surface area contributed by atoms with Crippen molar-refractivity contribution in [3.8, 4) is 0 Å². The van der Waals surface area contributed by atoms with Crippen LogP contribution < -0.4 is 11.1 Å². The lowest BCUT2D eigenvalue weighted by Crippen LogP contribution is -2.42. The molecule has 1 aromatic carbocycles. The minimum atomic E-state index is -0.695. The molecule has 0 aromatic heterocycles. The van der Waals surface area contributed by atoms with E-state index in [1.165, 1.54) is 19.1 Å². The van der Waals surface area contributed by atoms with Crippen LogP contribution >= 0.6 is 15.9 Å². The molecule has 0 radical (unpaired) electrons. The van der Waals surface area contributed by atoms with Crippen molar-refractivity contribution in [1.29, 1.82) is 0 Å². The number of nitrogens with zero attached hydrogens (tertiary/aromatic N) is 1. The summed E-state index contributed by atoms with van der Waals surface area (Å²) in [5, 5.41) is 13.6. The molecule has 1 rings (SSSR count). The van der Waals surface area contributed by atoms with Crippen LogP contribution in [0, 0.1) is 5.82 Å². The molecular weight excluding hydrogens is 293 g/mol. The second-order valence-corrected chi connectivity index (χ2v) is 4.17. The first-order valence-electron chi connectivity index (χ1n) is 4.69. The van der Waals surface area contributed by atoms with Crippen molar-refractivity contribution in [2.75, 3.05) is 0 Å². The molecule has 0 aliphatic rings. The summed E-state index contributed by atoms with van der Waals surface area (Å²) in [6, 6.07) is 3.50. The average molecular weight is 304 g/mol. The molecule has 7 heteroatoms. The summed E-state index contributed by atoms with van der Waals surface area (Å²) in [5.41, 5.74) is 5.18. The lowest BCUT2D eigenvalue weighted by atomic mass is 10.2. The van der Waals surface area contributed by atoms with Crippen molar-refractivity contribution in [3.05, 3.63) is 34.1 Å². The number of nitrogens with two attached hydrogens (primary N) is 1. The molecule has 0 bridgehead atoms. The van der Waals surface area contributed by atoms with Gasteiger partial charge in [0, 0.05) is 4.47 Å². The number of rotatable bonds is 3. The number of amidine groups is 1. The quantitative estimate of drug-likeness (QED) is 0.342. The number of carbonyl (C=O) groups is 1. The highest BCUT2D eigenvalue weighted by Gasteiger charge is 2.18. The first-order chi connectivity index (χ1) is 7.97. The second kappa shape index (κ2) is 5.62. The molecule has 0 fully saturated rings. The van der Waals surface area contributed by atoms with Crippen molar-refractivity contribution in [3.63, 3.8) is 0 Å². The highest BCUT2D eigenvalue weighted by Crippen LogP contribution is 2.19. The number of hydrogen-bond acceptors (Lipinski definition) is 3. The van der Waals surface area contributed by atoms with Gasteiger partial charge in [0.25, 0.3) is 5.91 Å². The highest BCUT2D eigenvalue weighted by atomic mass is 79.9. The number of halogens is 2. The SMILES string of the molecule is CC(NC(=O)c1c(F)cccc1Br)/C(N)=N/O.